The van der Waals surface area contributed by atoms with Crippen LogP contribution in [0.2, 0.25) is 0 Å². The number of anilines is 1. The second-order valence-corrected chi connectivity index (χ2v) is 5.63. The summed E-state index contributed by atoms with van der Waals surface area (Å²) >= 11 is 0. The van der Waals surface area contributed by atoms with Crippen LogP contribution in [0.5, 0.6) is 5.75 Å². The van der Waals surface area contributed by atoms with Gasteiger partial charge in [0.15, 0.2) is 6.61 Å². The molecule has 1 amide bonds. The highest BCUT2D eigenvalue weighted by molar-refractivity contribution is 5.95. The summed E-state index contributed by atoms with van der Waals surface area (Å²) in [5.74, 6) is 0.109. The third kappa shape index (κ3) is 4.49. The SMILES string of the molecule is COC(=O)c1ccc(C)c(NC(=O)COc2ccc(-c3nnco3)cc2)c1. The minimum Gasteiger partial charge on any atom is -0.484 e. The Hall–Kier alpha value is -3.68. The normalized spacial score (nSPS) is 10.3. The second-order valence-electron chi connectivity index (χ2n) is 5.63. The molecule has 0 aliphatic rings. The molecule has 1 heterocycles. The number of carbonyl (C=O) groups excluding carboxylic acids is 2. The maximum atomic E-state index is 12.2. The van der Waals surface area contributed by atoms with Gasteiger partial charge >= 0.3 is 5.97 Å². The van der Waals surface area contributed by atoms with E-state index in [1.807, 2.05) is 6.92 Å². The number of nitrogens with zero attached hydrogens (tertiary/aromatic N) is 2. The van der Waals surface area contributed by atoms with Crippen LogP contribution in [0.3, 0.4) is 0 Å². The van der Waals surface area contributed by atoms with Gasteiger partial charge in [-0.05, 0) is 48.9 Å². The number of rotatable bonds is 6. The van der Waals surface area contributed by atoms with Crippen molar-refractivity contribution in [1.29, 1.82) is 0 Å². The molecule has 3 aromatic rings. The number of esters is 1. The van der Waals surface area contributed by atoms with Crippen LogP contribution in [-0.2, 0) is 9.53 Å². The van der Waals surface area contributed by atoms with Gasteiger partial charge in [0.05, 0.1) is 12.7 Å². The minimum atomic E-state index is -0.469. The summed E-state index contributed by atoms with van der Waals surface area (Å²) in [6.07, 6.45) is 1.25. The lowest BCUT2D eigenvalue weighted by Gasteiger charge is -2.11. The van der Waals surface area contributed by atoms with Crippen LogP contribution in [0.4, 0.5) is 5.69 Å². The zero-order valence-corrected chi connectivity index (χ0v) is 14.8. The highest BCUT2D eigenvalue weighted by Gasteiger charge is 2.11. The Morgan fingerprint density at radius 1 is 1.15 bits per heavy atom. The monoisotopic (exact) mass is 367 g/mol. The topological polar surface area (TPSA) is 104 Å². The molecule has 0 saturated carbocycles. The molecule has 0 atom stereocenters. The molecule has 1 aromatic heterocycles. The van der Waals surface area contributed by atoms with Gasteiger partial charge in [0.2, 0.25) is 12.3 Å². The fraction of sp³-hybridized carbons (Fsp3) is 0.158. The van der Waals surface area contributed by atoms with Crippen LogP contribution < -0.4 is 10.1 Å². The minimum absolute atomic E-state index is 0.179. The molecule has 1 N–H and O–H groups in total. The largest absolute Gasteiger partial charge is 0.484 e. The van der Waals surface area contributed by atoms with Gasteiger partial charge in [0.1, 0.15) is 5.75 Å². The number of methoxy groups -OCH3 is 1. The van der Waals surface area contributed by atoms with Gasteiger partial charge in [-0.25, -0.2) is 4.79 Å². The van der Waals surface area contributed by atoms with E-state index in [1.165, 1.54) is 13.5 Å². The lowest BCUT2D eigenvalue weighted by atomic mass is 10.1. The first-order valence-corrected chi connectivity index (χ1v) is 8.05. The van der Waals surface area contributed by atoms with Crippen molar-refractivity contribution >= 4 is 17.6 Å². The summed E-state index contributed by atoms with van der Waals surface area (Å²) in [6.45, 7) is 1.65. The number of nitrogens with one attached hydrogen (secondary N) is 1. The highest BCUT2D eigenvalue weighted by Crippen LogP contribution is 2.21. The van der Waals surface area contributed by atoms with Crippen LogP contribution in [0.15, 0.2) is 53.3 Å². The molecule has 0 saturated heterocycles. The molecule has 0 spiro atoms. The average Bonchev–Trinajstić information content (AvgIpc) is 3.22. The molecule has 0 aliphatic heterocycles. The van der Waals surface area contributed by atoms with E-state index in [9.17, 15) is 9.59 Å². The Bertz CT molecular complexity index is 936. The Morgan fingerprint density at radius 2 is 1.93 bits per heavy atom. The van der Waals surface area contributed by atoms with Gasteiger partial charge in [-0.15, -0.1) is 10.2 Å². The summed E-state index contributed by atoms with van der Waals surface area (Å²) in [5, 5.41) is 10.2. The standard InChI is InChI=1S/C19H17N3O5/c1-12-3-4-14(19(24)25-2)9-16(12)21-17(23)10-26-15-7-5-13(6-8-15)18-22-20-11-27-18/h3-9,11H,10H2,1-2H3,(H,21,23). The van der Waals surface area contributed by atoms with Crippen molar-refractivity contribution in [3.05, 3.63) is 60.0 Å². The van der Waals surface area contributed by atoms with E-state index in [4.69, 9.17) is 9.15 Å². The molecule has 0 aliphatic carbocycles. The van der Waals surface area contributed by atoms with Crippen LogP contribution >= 0.6 is 0 Å². The third-order valence-corrected chi connectivity index (χ3v) is 3.76. The van der Waals surface area contributed by atoms with Gasteiger partial charge < -0.3 is 19.2 Å². The lowest BCUT2D eigenvalue weighted by molar-refractivity contribution is -0.118. The molecule has 27 heavy (non-hydrogen) atoms. The molecule has 2 aromatic carbocycles. The van der Waals surface area contributed by atoms with Crippen molar-refractivity contribution < 1.29 is 23.5 Å². The molecule has 0 radical (unpaired) electrons. The van der Waals surface area contributed by atoms with E-state index in [2.05, 4.69) is 20.3 Å². The van der Waals surface area contributed by atoms with Gasteiger partial charge in [-0.3, -0.25) is 4.79 Å². The number of aryl methyl sites for hydroxylation is 1. The van der Waals surface area contributed by atoms with E-state index >= 15 is 0 Å². The van der Waals surface area contributed by atoms with Gasteiger partial charge in [0, 0.05) is 11.3 Å². The van der Waals surface area contributed by atoms with Crippen LogP contribution in [0.1, 0.15) is 15.9 Å². The number of amides is 1. The van der Waals surface area contributed by atoms with Crippen LogP contribution in [-0.4, -0.2) is 35.8 Å². The molecule has 0 unspecified atom stereocenters. The number of ether oxygens (including phenoxy) is 2. The first-order chi connectivity index (χ1) is 13.1. The van der Waals surface area contributed by atoms with Crippen molar-refractivity contribution in [3.8, 4) is 17.2 Å². The number of aromatic nitrogens is 2. The van der Waals surface area contributed by atoms with Crippen molar-refractivity contribution in [2.75, 3.05) is 19.0 Å². The van der Waals surface area contributed by atoms with E-state index in [1.54, 1.807) is 42.5 Å². The number of hydrogen-bond acceptors (Lipinski definition) is 7. The fourth-order valence-corrected chi connectivity index (χ4v) is 2.33. The van der Waals surface area contributed by atoms with Crippen molar-refractivity contribution in [2.45, 2.75) is 6.92 Å². The van der Waals surface area contributed by atoms with E-state index in [0.717, 1.165) is 11.1 Å². The Kier molecular flexibility index (Phi) is 5.46. The molecule has 8 heteroatoms. The smallest absolute Gasteiger partial charge is 0.337 e. The molecule has 8 nitrogen and oxygen atoms in total. The lowest BCUT2D eigenvalue weighted by Crippen LogP contribution is -2.21. The van der Waals surface area contributed by atoms with Crippen LogP contribution in [0, 0.1) is 6.92 Å². The fourth-order valence-electron chi connectivity index (χ4n) is 2.33. The highest BCUT2D eigenvalue weighted by atomic mass is 16.5. The summed E-state index contributed by atoms with van der Waals surface area (Å²) < 4.78 is 15.3. The van der Waals surface area contributed by atoms with Crippen molar-refractivity contribution in [1.82, 2.24) is 10.2 Å². The first-order valence-electron chi connectivity index (χ1n) is 8.05. The summed E-state index contributed by atoms with van der Waals surface area (Å²) in [7, 11) is 1.30. The molecule has 0 bridgehead atoms. The van der Waals surface area contributed by atoms with Gasteiger partial charge in [0.25, 0.3) is 5.91 Å². The van der Waals surface area contributed by atoms with Gasteiger partial charge in [-0.2, -0.15) is 0 Å². The first kappa shape index (κ1) is 18.1. The van der Waals surface area contributed by atoms with Gasteiger partial charge in [-0.1, -0.05) is 6.07 Å². The Morgan fingerprint density at radius 3 is 2.59 bits per heavy atom. The molecule has 138 valence electrons. The van der Waals surface area contributed by atoms with Crippen LogP contribution in [0.25, 0.3) is 11.5 Å². The van der Waals surface area contributed by atoms with E-state index < -0.39 is 5.97 Å². The number of benzene rings is 2. The van der Waals surface area contributed by atoms with Crippen molar-refractivity contribution in [2.24, 2.45) is 0 Å². The summed E-state index contributed by atoms with van der Waals surface area (Å²) in [5.41, 5.74) is 2.45. The second kappa shape index (κ2) is 8.13. The number of hydrogen-bond donors (Lipinski definition) is 1. The zero-order chi connectivity index (χ0) is 19.2. The predicted molar refractivity (Wildman–Crippen MR) is 96.4 cm³/mol. The maximum absolute atomic E-state index is 12.2. The third-order valence-electron chi connectivity index (χ3n) is 3.76. The predicted octanol–water partition coefficient (Wildman–Crippen LogP) is 2.85. The van der Waals surface area contributed by atoms with E-state index in [-0.39, 0.29) is 12.5 Å². The average molecular weight is 367 g/mol. The maximum Gasteiger partial charge on any atom is 0.337 e. The van der Waals surface area contributed by atoms with Crippen molar-refractivity contribution in [3.63, 3.8) is 0 Å². The Labute approximate surface area is 155 Å². The van der Waals surface area contributed by atoms with E-state index in [0.29, 0.717) is 22.9 Å². The quantitative estimate of drug-likeness (QED) is 0.668. The number of carbonyl (C=O) groups is 2. The molecule has 0 fully saturated rings. The molecular formula is C19H17N3O5. The Balaban J connectivity index is 1.59. The summed E-state index contributed by atoms with van der Waals surface area (Å²) in [6, 6.07) is 11.9. The zero-order valence-electron chi connectivity index (χ0n) is 14.8. The summed E-state index contributed by atoms with van der Waals surface area (Å²) in [4.78, 5) is 23.8. The molecular weight excluding hydrogens is 350 g/mol. The molecule has 3 rings (SSSR count).